The molecule has 3 aromatic rings. The molecule has 1 aromatic carbocycles. The number of aromatic nitrogens is 2. The first-order valence-corrected chi connectivity index (χ1v) is 7.01. The van der Waals surface area contributed by atoms with Crippen molar-refractivity contribution in [2.45, 2.75) is 19.4 Å². The lowest BCUT2D eigenvalue weighted by molar-refractivity contribution is 0.503. The van der Waals surface area contributed by atoms with E-state index in [0.29, 0.717) is 17.2 Å². The third-order valence-corrected chi connectivity index (χ3v) is 3.67. The molecule has 0 aliphatic carbocycles. The van der Waals surface area contributed by atoms with E-state index in [1.165, 1.54) is 11.7 Å². The number of hydrogen-bond acceptors (Lipinski definition) is 5. The molecule has 2 aromatic heterocycles. The van der Waals surface area contributed by atoms with Crippen LogP contribution < -0.4 is 5.73 Å². The van der Waals surface area contributed by atoms with E-state index >= 15 is 0 Å². The molecule has 6 heteroatoms. The molecule has 1 unspecified atom stereocenters. The fourth-order valence-corrected chi connectivity index (χ4v) is 2.79. The molecule has 2 N–H and O–H groups in total. The van der Waals surface area contributed by atoms with Crippen LogP contribution in [0.4, 0.5) is 0 Å². The van der Waals surface area contributed by atoms with Crippen molar-refractivity contribution >= 4 is 34.4 Å². The molecule has 0 aliphatic rings. The van der Waals surface area contributed by atoms with Gasteiger partial charge in [0.15, 0.2) is 0 Å². The SMILES string of the molecule is CC(N)Cc1ccc(-c2c(Cl)ccc3nsnc23)o1. The van der Waals surface area contributed by atoms with E-state index in [0.717, 1.165) is 22.4 Å². The summed E-state index contributed by atoms with van der Waals surface area (Å²) in [6.07, 6.45) is 0.697. The number of benzene rings is 1. The Morgan fingerprint density at radius 2 is 2.16 bits per heavy atom. The van der Waals surface area contributed by atoms with Crippen molar-refractivity contribution in [1.82, 2.24) is 8.75 Å². The minimum absolute atomic E-state index is 0.0613. The van der Waals surface area contributed by atoms with Crippen LogP contribution in [0.15, 0.2) is 28.7 Å². The van der Waals surface area contributed by atoms with E-state index in [1.54, 1.807) is 0 Å². The number of nitrogens with zero attached hydrogens (tertiary/aromatic N) is 2. The summed E-state index contributed by atoms with van der Waals surface area (Å²) in [6.45, 7) is 1.94. The molecule has 2 heterocycles. The predicted octanol–water partition coefficient (Wildman–Crippen LogP) is 3.49. The highest BCUT2D eigenvalue weighted by atomic mass is 35.5. The smallest absolute Gasteiger partial charge is 0.138 e. The van der Waals surface area contributed by atoms with E-state index in [4.69, 9.17) is 21.8 Å². The quantitative estimate of drug-likeness (QED) is 0.803. The maximum absolute atomic E-state index is 6.26. The highest BCUT2D eigenvalue weighted by molar-refractivity contribution is 7.00. The topological polar surface area (TPSA) is 64.9 Å². The van der Waals surface area contributed by atoms with Gasteiger partial charge < -0.3 is 10.2 Å². The van der Waals surface area contributed by atoms with Crippen LogP contribution in [0, 0.1) is 0 Å². The zero-order valence-electron chi connectivity index (χ0n) is 10.3. The van der Waals surface area contributed by atoms with Gasteiger partial charge in [-0.25, -0.2) is 0 Å². The maximum Gasteiger partial charge on any atom is 0.138 e. The summed E-state index contributed by atoms with van der Waals surface area (Å²) in [4.78, 5) is 0. The summed E-state index contributed by atoms with van der Waals surface area (Å²) in [6, 6.07) is 7.56. The molecule has 98 valence electrons. The molecule has 1 atom stereocenters. The fraction of sp³-hybridized carbons (Fsp3) is 0.231. The van der Waals surface area contributed by atoms with Crippen LogP contribution in [0.5, 0.6) is 0 Å². The van der Waals surface area contributed by atoms with Gasteiger partial charge in [-0.1, -0.05) is 11.6 Å². The molecular weight excluding hydrogens is 282 g/mol. The number of halogens is 1. The highest BCUT2D eigenvalue weighted by Crippen LogP contribution is 2.35. The molecule has 0 amide bonds. The average molecular weight is 294 g/mol. The molecule has 0 radical (unpaired) electrons. The minimum Gasteiger partial charge on any atom is -0.461 e. The Kier molecular flexibility index (Phi) is 3.26. The van der Waals surface area contributed by atoms with Crippen molar-refractivity contribution < 1.29 is 4.42 Å². The molecule has 0 aliphatic heterocycles. The standard InChI is InChI=1S/C13H12ClN3OS/c1-7(15)6-8-2-5-11(18-8)12-9(14)3-4-10-13(12)17-19-16-10/h2-5,7H,6,15H2,1H3. The van der Waals surface area contributed by atoms with Gasteiger partial charge in [-0.3, -0.25) is 0 Å². The van der Waals surface area contributed by atoms with Crippen LogP contribution in [0.1, 0.15) is 12.7 Å². The third-order valence-electron chi connectivity index (χ3n) is 2.81. The lowest BCUT2D eigenvalue weighted by Gasteiger charge is -2.03. The van der Waals surface area contributed by atoms with E-state index in [1.807, 2.05) is 31.2 Å². The van der Waals surface area contributed by atoms with Gasteiger partial charge in [-0.15, -0.1) is 0 Å². The van der Waals surface area contributed by atoms with Crippen LogP contribution in [0.25, 0.3) is 22.4 Å². The van der Waals surface area contributed by atoms with Crippen LogP contribution in [-0.4, -0.2) is 14.8 Å². The molecule has 0 bridgehead atoms. The maximum atomic E-state index is 6.26. The predicted molar refractivity (Wildman–Crippen MR) is 77.5 cm³/mol. The summed E-state index contributed by atoms with van der Waals surface area (Å²) >= 11 is 7.43. The van der Waals surface area contributed by atoms with E-state index in [2.05, 4.69) is 8.75 Å². The second kappa shape index (κ2) is 4.92. The summed E-state index contributed by atoms with van der Waals surface area (Å²) < 4.78 is 14.3. The second-order valence-corrected chi connectivity index (χ2v) is 5.44. The van der Waals surface area contributed by atoms with Gasteiger partial charge in [-0.05, 0) is 31.2 Å². The Balaban J connectivity index is 2.10. The molecular formula is C13H12ClN3OS. The number of fused-ring (bicyclic) bond motifs is 1. The first-order valence-electron chi connectivity index (χ1n) is 5.90. The van der Waals surface area contributed by atoms with E-state index < -0.39 is 0 Å². The van der Waals surface area contributed by atoms with Gasteiger partial charge in [0.1, 0.15) is 22.6 Å². The largest absolute Gasteiger partial charge is 0.461 e. The zero-order chi connectivity index (χ0) is 13.4. The van der Waals surface area contributed by atoms with Crippen molar-refractivity contribution in [3.05, 3.63) is 35.0 Å². The number of nitrogens with two attached hydrogens (primary N) is 1. The van der Waals surface area contributed by atoms with Crippen molar-refractivity contribution in [3.8, 4) is 11.3 Å². The van der Waals surface area contributed by atoms with Gasteiger partial charge in [0.25, 0.3) is 0 Å². The molecule has 3 rings (SSSR count). The van der Waals surface area contributed by atoms with Crippen molar-refractivity contribution in [2.24, 2.45) is 5.73 Å². The second-order valence-electron chi connectivity index (χ2n) is 4.50. The summed E-state index contributed by atoms with van der Waals surface area (Å²) in [5.41, 5.74) is 8.17. The minimum atomic E-state index is 0.0613. The average Bonchev–Trinajstić information content (AvgIpc) is 2.97. The molecule has 19 heavy (non-hydrogen) atoms. The molecule has 4 nitrogen and oxygen atoms in total. The normalized spacial score (nSPS) is 13.0. The first-order chi connectivity index (χ1) is 9.15. The number of furan rings is 1. The van der Waals surface area contributed by atoms with E-state index in [-0.39, 0.29) is 6.04 Å². The molecule has 0 fully saturated rings. The molecule has 0 saturated heterocycles. The van der Waals surface area contributed by atoms with Gasteiger partial charge in [-0.2, -0.15) is 8.75 Å². The van der Waals surface area contributed by atoms with Gasteiger partial charge in [0, 0.05) is 12.5 Å². The van der Waals surface area contributed by atoms with Crippen molar-refractivity contribution in [1.29, 1.82) is 0 Å². The summed E-state index contributed by atoms with van der Waals surface area (Å²) in [5.74, 6) is 1.56. The van der Waals surface area contributed by atoms with Gasteiger partial charge >= 0.3 is 0 Å². The first kappa shape index (κ1) is 12.6. The number of hydrogen-bond donors (Lipinski definition) is 1. The fourth-order valence-electron chi connectivity index (χ4n) is 2.00. The zero-order valence-corrected chi connectivity index (χ0v) is 11.8. The van der Waals surface area contributed by atoms with Crippen LogP contribution in [0.3, 0.4) is 0 Å². The Bertz CT molecular complexity index is 720. The third kappa shape index (κ3) is 2.36. The highest BCUT2D eigenvalue weighted by Gasteiger charge is 2.15. The van der Waals surface area contributed by atoms with Crippen LogP contribution in [0.2, 0.25) is 5.02 Å². The van der Waals surface area contributed by atoms with Crippen LogP contribution in [-0.2, 0) is 6.42 Å². The van der Waals surface area contributed by atoms with Crippen LogP contribution >= 0.6 is 23.3 Å². The summed E-state index contributed by atoms with van der Waals surface area (Å²) in [5, 5.41) is 0.613. The molecule has 0 spiro atoms. The lowest BCUT2D eigenvalue weighted by Crippen LogP contribution is -2.17. The summed E-state index contributed by atoms with van der Waals surface area (Å²) in [7, 11) is 0. The molecule has 0 saturated carbocycles. The number of rotatable bonds is 3. The Hall–Kier alpha value is -1.43. The lowest BCUT2D eigenvalue weighted by atomic mass is 10.1. The Labute approximate surface area is 119 Å². The monoisotopic (exact) mass is 293 g/mol. The van der Waals surface area contributed by atoms with Gasteiger partial charge in [0.2, 0.25) is 0 Å². The van der Waals surface area contributed by atoms with E-state index in [9.17, 15) is 0 Å². The Morgan fingerprint density at radius 3 is 2.95 bits per heavy atom. The van der Waals surface area contributed by atoms with Crippen molar-refractivity contribution in [3.63, 3.8) is 0 Å². The Morgan fingerprint density at radius 1 is 1.32 bits per heavy atom. The van der Waals surface area contributed by atoms with Crippen molar-refractivity contribution in [2.75, 3.05) is 0 Å². The van der Waals surface area contributed by atoms with Gasteiger partial charge in [0.05, 0.1) is 22.3 Å².